The molecule has 1 heterocycles. The van der Waals surface area contributed by atoms with Crippen molar-refractivity contribution in [1.82, 2.24) is 9.78 Å². The highest BCUT2D eigenvalue weighted by atomic mass is 15.3. The summed E-state index contributed by atoms with van der Waals surface area (Å²) in [5.41, 5.74) is 2.71. The van der Waals surface area contributed by atoms with Crippen molar-refractivity contribution in [2.75, 3.05) is 0 Å². The first-order chi connectivity index (χ1) is 7.19. The van der Waals surface area contributed by atoms with Crippen LogP contribution in [0.4, 0.5) is 0 Å². The first-order valence-electron chi connectivity index (χ1n) is 5.65. The Kier molecular flexibility index (Phi) is 1.70. The lowest BCUT2D eigenvalue weighted by Crippen LogP contribution is -2.37. The molecule has 0 radical (unpaired) electrons. The van der Waals surface area contributed by atoms with E-state index in [0.717, 1.165) is 5.52 Å². The fourth-order valence-electron chi connectivity index (χ4n) is 2.38. The Hall–Kier alpha value is -1.31. The van der Waals surface area contributed by atoms with Crippen LogP contribution in [0.3, 0.4) is 0 Å². The minimum Gasteiger partial charge on any atom is -0.266 e. The molecule has 0 bridgehead atoms. The molecule has 0 atom stereocenters. The molecule has 1 aliphatic rings. The molecule has 2 nitrogen and oxygen atoms in total. The largest absolute Gasteiger partial charge is 0.266 e. The van der Waals surface area contributed by atoms with Gasteiger partial charge in [-0.15, -0.1) is 0 Å². The molecule has 0 aliphatic heterocycles. The van der Waals surface area contributed by atoms with Gasteiger partial charge < -0.3 is 0 Å². The zero-order chi connectivity index (χ0) is 10.5. The Morgan fingerprint density at radius 1 is 1.33 bits per heavy atom. The lowest BCUT2D eigenvalue weighted by atomic mass is 9.79. The van der Waals surface area contributed by atoms with Gasteiger partial charge in [0.2, 0.25) is 0 Å². The maximum absolute atomic E-state index is 4.72. The summed E-state index contributed by atoms with van der Waals surface area (Å²) in [6, 6.07) is 6.38. The van der Waals surface area contributed by atoms with Crippen LogP contribution in [0, 0.1) is 6.92 Å². The van der Waals surface area contributed by atoms with E-state index in [0.29, 0.717) is 0 Å². The molecule has 2 heteroatoms. The quantitative estimate of drug-likeness (QED) is 0.691. The Labute approximate surface area is 89.9 Å². The highest BCUT2D eigenvalue weighted by molar-refractivity contribution is 5.81. The smallest absolute Gasteiger partial charge is 0.0952 e. The molecule has 2 aromatic rings. The molecule has 1 aliphatic carbocycles. The van der Waals surface area contributed by atoms with E-state index in [4.69, 9.17) is 5.10 Å². The normalized spacial score (nSPS) is 19.1. The number of fused-ring (bicyclic) bond motifs is 1. The number of aryl methyl sites for hydroxylation is 1. The van der Waals surface area contributed by atoms with Crippen LogP contribution in [0.5, 0.6) is 0 Å². The molecule has 0 spiro atoms. The summed E-state index contributed by atoms with van der Waals surface area (Å²) in [6.07, 6.45) is 6.06. The van der Waals surface area contributed by atoms with Crippen molar-refractivity contribution in [3.05, 3.63) is 30.0 Å². The molecule has 3 rings (SSSR count). The lowest BCUT2D eigenvalue weighted by molar-refractivity contribution is 0.150. The van der Waals surface area contributed by atoms with Gasteiger partial charge in [0.25, 0.3) is 0 Å². The van der Waals surface area contributed by atoms with Crippen LogP contribution in [-0.2, 0) is 5.54 Å². The highest BCUT2D eigenvalue weighted by Gasteiger charge is 2.34. The van der Waals surface area contributed by atoms with Crippen LogP contribution >= 0.6 is 0 Å². The average molecular weight is 200 g/mol. The SMILES string of the molecule is Cc1cccc2cn(C3(C)CCC3)nc12. The number of aromatic nitrogens is 2. The number of hydrogen-bond donors (Lipinski definition) is 0. The van der Waals surface area contributed by atoms with Crippen molar-refractivity contribution >= 4 is 10.9 Å². The predicted octanol–water partition coefficient (Wildman–Crippen LogP) is 3.24. The van der Waals surface area contributed by atoms with E-state index < -0.39 is 0 Å². The van der Waals surface area contributed by atoms with E-state index in [-0.39, 0.29) is 5.54 Å². The molecule has 1 aromatic carbocycles. The maximum atomic E-state index is 4.72. The van der Waals surface area contributed by atoms with Crippen molar-refractivity contribution < 1.29 is 0 Å². The molecular weight excluding hydrogens is 184 g/mol. The lowest BCUT2D eigenvalue weighted by Gasteiger charge is -2.38. The third kappa shape index (κ3) is 1.21. The van der Waals surface area contributed by atoms with Gasteiger partial charge >= 0.3 is 0 Å². The molecule has 0 unspecified atom stereocenters. The van der Waals surface area contributed by atoms with Gasteiger partial charge in [-0.1, -0.05) is 18.2 Å². The first-order valence-corrected chi connectivity index (χ1v) is 5.65. The number of hydrogen-bond acceptors (Lipinski definition) is 1. The second kappa shape index (κ2) is 2.84. The summed E-state index contributed by atoms with van der Waals surface area (Å²) >= 11 is 0. The van der Waals surface area contributed by atoms with Gasteiger partial charge in [0, 0.05) is 11.6 Å². The molecule has 0 amide bonds. The standard InChI is InChI=1S/C13H16N2/c1-10-5-3-6-11-9-15(14-12(10)11)13(2)7-4-8-13/h3,5-6,9H,4,7-8H2,1-2H3. The molecule has 1 saturated carbocycles. The van der Waals surface area contributed by atoms with Crippen molar-refractivity contribution in [2.45, 2.75) is 38.6 Å². The summed E-state index contributed by atoms with van der Waals surface area (Å²) in [6.45, 7) is 4.43. The Balaban J connectivity index is 2.18. The molecule has 78 valence electrons. The van der Waals surface area contributed by atoms with E-state index in [1.54, 1.807) is 0 Å². The van der Waals surface area contributed by atoms with E-state index in [1.165, 1.54) is 30.2 Å². The number of benzene rings is 1. The summed E-state index contributed by atoms with van der Waals surface area (Å²) in [5, 5.41) is 5.99. The van der Waals surface area contributed by atoms with Crippen LogP contribution < -0.4 is 0 Å². The monoisotopic (exact) mass is 200 g/mol. The molecule has 1 aromatic heterocycles. The van der Waals surface area contributed by atoms with E-state index >= 15 is 0 Å². The maximum Gasteiger partial charge on any atom is 0.0952 e. The van der Waals surface area contributed by atoms with Crippen LogP contribution in [0.15, 0.2) is 24.4 Å². The van der Waals surface area contributed by atoms with Crippen molar-refractivity contribution in [3.63, 3.8) is 0 Å². The summed E-state index contributed by atoms with van der Waals surface area (Å²) in [5.74, 6) is 0. The molecular formula is C13H16N2. The van der Waals surface area contributed by atoms with Gasteiger partial charge in [-0.3, -0.25) is 4.68 Å². The van der Waals surface area contributed by atoms with E-state index in [9.17, 15) is 0 Å². The number of rotatable bonds is 1. The Morgan fingerprint density at radius 3 is 2.73 bits per heavy atom. The predicted molar refractivity (Wildman–Crippen MR) is 62.0 cm³/mol. The minimum atomic E-state index is 0.283. The van der Waals surface area contributed by atoms with Gasteiger partial charge in [0.15, 0.2) is 0 Å². The average Bonchev–Trinajstić information content (AvgIpc) is 2.59. The fourth-order valence-corrected chi connectivity index (χ4v) is 2.38. The zero-order valence-electron chi connectivity index (χ0n) is 9.33. The van der Waals surface area contributed by atoms with E-state index in [2.05, 4.69) is 42.9 Å². The van der Waals surface area contributed by atoms with Gasteiger partial charge in [0.05, 0.1) is 11.1 Å². The second-order valence-corrected chi connectivity index (χ2v) is 4.94. The zero-order valence-corrected chi connectivity index (χ0v) is 9.33. The van der Waals surface area contributed by atoms with Crippen molar-refractivity contribution in [3.8, 4) is 0 Å². The fraction of sp³-hybridized carbons (Fsp3) is 0.462. The minimum absolute atomic E-state index is 0.283. The van der Waals surface area contributed by atoms with Gasteiger partial charge in [-0.25, -0.2) is 0 Å². The van der Waals surface area contributed by atoms with Crippen LogP contribution in [0.25, 0.3) is 10.9 Å². The molecule has 0 saturated heterocycles. The van der Waals surface area contributed by atoms with Crippen LogP contribution in [-0.4, -0.2) is 9.78 Å². The molecule has 0 N–H and O–H groups in total. The number of nitrogens with zero attached hydrogens (tertiary/aromatic N) is 2. The Bertz CT molecular complexity index is 506. The van der Waals surface area contributed by atoms with Crippen molar-refractivity contribution in [1.29, 1.82) is 0 Å². The van der Waals surface area contributed by atoms with Gasteiger partial charge in [0.1, 0.15) is 0 Å². The van der Waals surface area contributed by atoms with Gasteiger partial charge in [-0.05, 0) is 38.7 Å². The Morgan fingerprint density at radius 2 is 2.13 bits per heavy atom. The molecule has 1 fully saturated rings. The van der Waals surface area contributed by atoms with Crippen molar-refractivity contribution in [2.24, 2.45) is 0 Å². The summed E-state index contributed by atoms with van der Waals surface area (Å²) in [4.78, 5) is 0. The highest BCUT2D eigenvalue weighted by Crippen LogP contribution is 2.38. The van der Waals surface area contributed by atoms with Crippen LogP contribution in [0.2, 0.25) is 0 Å². The first kappa shape index (κ1) is 8.96. The topological polar surface area (TPSA) is 17.8 Å². The van der Waals surface area contributed by atoms with Gasteiger partial charge in [-0.2, -0.15) is 5.10 Å². The third-order valence-corrected chi connectivity index (χ3v) is 3.72. The van der Waals surface area contributed by atoms with Crippen LogP contribution in [0.1, 0.15) is 31.7 Å². The summed E-state index contributed by atoms with van der Waals surface area (Å²) in [7, 11) is 0. The third-order valence-electron chi connectivity index (χ3n) is 3.72. The molecule has 15 heavy (non-hydrogen) atoms. The van der Waals surface area contributed by atoms with E-state index in [1.807, 2.05) is 0 Å². The summed E-state index contributed by atoms with van der Waals surface area (Å²) < 4.78 is 2.17. The second-order valence-electron chi connectivity index (χ2n) is 4.94.